The van der Waals surface area contributed by atoms with Gasteiger partial charge in [-0.15, -0.1) is 0 Å². The smallest absolute Gasteiger partial charge is 0.249 e. The van der Waals surface area contributed by atoms with Gasteiger partial charge in [0.1, 0.15) is 0 Å². The van der Waals surface area contributed by atoms with Crippen LogP contribution in [0.1, 0.15) is 40.0 Å². The zero-order valence-corrected chi connectivity index (χ0v) is 12.1. The summed E-state index contributed by atoms with van der Waals surface area (Å²) in [5.74, 6) is -0.429. The van der Waals surface area contributed by atoms with E-state index in [1.54, 1.807) is 18.2 Å². The Morgan fingerprint density at radius 2 is 1.90 bits per heavy atom. The molecule has 0 heterocycles. The molecule has 0 fully saturated rings. The van der Waals surface area contributed by atoms with Gasteiger partial charge in [-0.2, -0.15) is 5.26 Å². The summed E-state index contributed by atoms with van der Waals surface area (Å²) in [6.45, 7) is 3.87. The van der Waals surface area contributed by atoms with Crippen molar-refractivity contribution in [1.29, 1.82) is 5.26 Å². The van der Waals surface area contributed by atoms with E-state index in [0.717, 1.165) is 16.8 Å². The van der Waals surface area contributed by atoms with Crippen LogP contribution in [-0.2, 0) is 0 Å². The van der Waals surface area contributed by atoms with E-state index in [9.17, 15) is 4.79 Å². The van der Waals surface area contributed by atoms with E-state index in [0.29, 0.717) is 11.1 Å². The molecule has 21 heavy (non-hydrogen) atoms. The summed E-state index contributed by atoms with van der Waals surface area (Å²) in [6.07, 6.45) is 0. The highest BCUT2D eigenvalue weighted by Crippen LogP contribution is 2.21. The van der Waals surface area contributed by atoms with Crippen molar-refractivity contribution in [3.8, 4) is 6.07 Å². The molecule has 3 N–H and O–H groups in total. The van der Waals surface area contributed by atoms with Crippen LogP contribution < -0.4 is 11.1 Å². The van der Waals surface area contributed by atoms with Crippen molar-refractivity contribution in [2.75, 3.05) is 5.32 Å². The third-order valence-electron chi connectivity index (χ3n) is 3.43. The van der Waals surface area contributed by atoms with Crippen molar-refractivity contribution >= 4 is 11.6 Å². The van der Waals surface area contributed by atoms with E-state index in [1.165, 1.54) is 0 Å². The number of carbonyl (C=O) groups is 1. The molecule has 4 nitrogen and oxygen atoms in total. The minimum absolute atomic E-state index is 0.0566. The van der Waals surface area contributed by atoms with Crippen molar-refractivity contribution in [2.24, 2.45) is 5.73 Å². The van der Waals surface area contributed by atoms with Crippen LogP contribution in [0, 0.1) is 18.3 Å². The fourth-order valence-corrected chi connectivity index (χ4v) is 2.16. The third kappa shape index (κ3) is 3.40. The molecule has 2 aromatic carbocycles. The van der Waals surface area contributed by atoms with Crippen LogP contribution >= 0.6 is 0 Å². The number of nitrogens with zero attached hydrogens (tertiary/aromatic N) is 1. The summed E-state index contributed by atoms with van der Waals surface area (Å²) >= 11 is 0. The molecule has 4 heteroatoms. The van der Waals surface area contributed by atoms with Gasteiger partial charge in [0.15, 0.2) is 0 Å². The summed E-state index contributed by atoms with van der Waals surface area (Å²) in [6, 6.07) is 15.1. The number of hydrogen-bond acceptors (Lipinski definition) is 3. The average molecular weight is 279 g/mol. The molecule has 0 aromatic heterocycles. The van der Waals surface area contributed by atoms with E-state index in [2.05, 4.69) is 11.4 Å². The van der Waals surface area contributed by atoms with Gasteiger partial charge in [0.05, 0.1) is 11.6 Å². The van der Waals surface area contributed by atoms with Gasteiger partial charge in [0.25, 0.3) is 0 Å². The second-order valence-electron chi connectivity index (χ2n) is 4.99. The molecule has 1 amide bonds. The summed E-state index contributed by atoms with van der Waals surface area (Å²) < 4.78 is 0. The molecule has 106 valence electrons. The lowest BCUT2D eigenvalue weighted by Crippen LogP contribution is -2.14. The standard InChI is InChI=1S/C17H17N3O/c1-11-3-8-15(9-16(11)17(19)21)20-12(2)14-6-4-13(10-18)5-7-14/h3-9,12,20H,1-2H3,(H2,19,21)/t12-/m0/s1. The fourth-order valence-electron chi connectivity index (χ4n) is 2.16. The van der Waals surface area contributed by atoms with Gasteiger partial charge in [-0.1, -0.05) is 18.2 Å². The predicted octanol–water partition coefficient (Wildman–Crippen LogP) is 3.14. The highest BCUT2D eigenvalue weighted by atomic mass is 16.1. The van der Waals surface area contributed by atoms with Crippen LogP contribution in [0.25, 0.3) is 0 Å². The third-order valence-corrected chi connectivity index (χ3v) is 3.43. The van der Waals surface area contributed by atoms with Gasteiger partial charge < -0.3 is 11.1 Å². The largest absolute Gasteiger partial charge is 0.379 e. The van der Waals surface area contributed by atoms with E-state index >= 15 is 0 Å². The first kappa shape index (κ1) is 14.6. The number of primary amides is 1. The van der Waals surface area contributed by atoms with Crippen LogP contribution in [0.15, 0.2) is 42.5 Å². The van der Waals surface area contributed by atoms with Gasteiger partial charge in [-0.3, -0.25) is 4.79 Å². The molecule has 0 saturated heterocycles. The van der Waals surface area contributed by atoms with E-state index < -0.39 is 5.91 Å². The SMILES string of the molecule is Cc1ccc(N[C@@H](C)c2ccc(C#N)cc2)cc1C(N)=O. The van der Waals surface area contributed by atoms with E-state index in [-0.39, 0.29) is 6.04 Å². The van der Waals surface area contributed by atoms with Gasteiger partial charge in [0.2, 0.25) is 5.91 Å². The molecule has 2 rings (SSSR count). The number of nitrogens with two attached hydrogens (primary N) is 1. The van der Waals surface area contributed by atoms with Crippen molar-refractivity contribution < 1.29 is 4.79 Å². The molecule has 0 aliphatic carbocycles. The molecule has 0 spiro atoms. The van der Waals surface area contributed by atoms with Crippen LogP contribution in [0.4, 0.5) is 5.69 Å². The van der Waals surface area contributed by atoms with Gasteiger partial charge in [-0.25, -0.2) is 0 Å². The monoisotopic (exact) mass is 279 g/mol. The lowest BCUT2D eigenvalue weighted by atomic mass is 10.0. The molecule has 2 aromatic rings. The minimum atomic E-state index is -0.429. The Hall–Kier alpha value is -2.80. The predicted molar refractivity (Wildman–Crippen MR) is 82.9 cm³/mol. The second-order valence-corrected chi connectivity index (χ2v) is 4.99. The Morgan fingerprint density at radius 1 is 1.24 bits per heavy atom. The Morgan fingerprint density at radius 3 is 2.48 bits per heavy atom. The first-order valence-corrected chi connectivity index (χ1v) is 6.68. The van der Waals surface area contributed by atoms with E-state index in [1.807, 2.05) is 38.1 Å². The van der Waals surface area contributed by atoms with Crippen LogP contribution in [-0.4, -0.2) is 5.91 Å². The Kier molecular flexibility index (Phi) is 4.24. The molecule has 1 atom stereocenters. The van der Waals surface area contributed by atoms with Crippen LogP contribution in [0.2, 0.25) is 0 Å². The number of aryl methyl sites for hydroxylation is 1. The highest BCUT2D eigenvalue weighted by Gasteiger charge is 2.09. The fraction of sp³-hybridized carbons (Fsp3) is 0.176. The Bertz CT molecular complexity index is 699. The van der Waals surface area contributed by atoms with Crippen LogP contribution in [0.5, 0.6) is 0 Å². The lowest BCUT2D eigenvalue weighted by Gasteiger charge is -2.17. The summed E-state index contributed by atoms with van der Waals surface area (Å²) in [5, 5.41) is 12.1. The number of hydrogen-bond donors (Lipinski definition) is 2. The summed E-state index contributed by atoms with van der Waals surface area (Å²) in [4.78, 5) is 11.4. The molecule has 0 bridgehead atoms. The molecular formula is C17H17N3O. The molecule has 0 aliphatic heterocycles. The van der Waals surface area contributed by atoms with Crippen LogP contribution in [0.3, 0.4) is 0 Å². The minimum Gasteiger partial charge on any atom is -0.379 e. The zero-order chi connectivity index (χ0) is 15.4. The van der Waals surface area contributed by atoms with Crippen molar-refractivity contribution in [2.45, 2.75) is 19.9 Å². The number of nitrogens with one attached hydrogen (secondary N) is 1. The average Bonchev–Trinajstić information content (AvgIpc) is 2.49. The van der Waals surface area contributed by atoms with Gasteiger partial charge in [-0.05, 0) is 49.2 Å². The molecule has 0 saturated carbocycles. The number of rotatable bonds is 4. The van der Waals surface area contributed by atoms with Crippen molar-refractivity contribution in [3.05, 3.63) is 64.7 Å². The Labute approximate surface area is 124 Å². The normalized spacial score (nSPS) is 11.5. The highest BCUT2D eigenvalue weighted by molar-refractivity contribution is 5.95. The molecule has 0 aliphatic rings. The first-order chi connectivity index (χ1) is 10.0. The Balaban J connectivity index is 2.19. The molecule has 0 radical (unpaired) electrons. The summed E-state index contributed by atoms with van der Waals surface area (Å²) in [7, 11) is 0. The first-order valence-electron chi connectivity index (χ1n) is 6.68. The van der Waals surface area contributed by atoms with Gasteiger partial charge in [0, 0.05) is 17.3 Å². The lowest BCUT2D eigenvalue weighted by molar-refractivity contribution is 0.1000. The topological polar surface area (TPSA) is 78.9 Å². The maximum atomic E-state index is 11.4. The van der Waals surface area contributed by atoms with Crippen molar-refractivity contribution in [1.82, 2.24) is 0 Å². The van der Waals surface area contributed by atoms with Crippen molar-refractivity contribution in [3.63, 3.8) is 0 Å². The number of benzene rings is 2. The molecule has 0 unspecified atom stereocenters. The number of nitriles is 1. The second kappa shape index (κ2) is 6.10. The number of carbonyl (C=O) groups excluding carboxylic acids is 1. The van der Waals surface area contributed by atoms with Gasteiger partial charge >= 0.3 is 0 Å². The zero-order valence-electron chi connectivity index (χ0n) is 12.1. The maximum Gasteiger partial charge on any atom is 0.249 e. The molecular weight excluding hydrogens is 262 g/mol. The quantitative estimate of drug-likeness (QED) is 0.902. The number of anilines is 1. The van der Waals surface area contributed by atoms with E-state index in [4.69, 9.17) is 11.0 Å². The maximum absolute atomic E-state index is 11.4. The number of amides is 1. The summed E-state index contributed by atoms with van der Waals surface area (Å²) in [5.41, 5.74) is 9.28.